The topological polar surface area (TPSA) is 71.3 Å². The fraction of sp³-hybridized carbons (Fsp3) is 0.286. The Morgan fingerprint density at radius 1 is 1.24 bits per heavy atom. The van der Waals surface area contributed by atoms with Gasteiger partial charge in [-0.25, -0.2) is 17.5 Å². The maximum absolute atomic E-state index is 13.0. The molecule has 0 amide bonds. The van der Waals surface area contributed by atoms with Gasteiger partial charge in [0.25, 0.3) is 10.0 Å². The van der Waals surface area contributed by atoms with E-state index in [4.69, 9.17) is 4.42 Å². The minimum absolute atomic E-state index is 0.119. The van der Waals surface area contributed by atoms with Gasteiger partial charge in [0.15, 0.2) is 0 Å². The third kappa shape index (κ3) is 4.38. The molecule has 0 aliphatic rings. The number of rotatable bonds is 7. The molecule has 0 bridgehead atoms. The Hall–Kier alpha value is -1.70. The Balaban J connectivity index is 1.94. The highest BCUT2D eigenvalue weighted by Gasteiger charge is 2.18. The second-order valence-corrected chi connectivity index (χ2v) is 6.23. The minimum Gasteiger partial charge on any atom is -0.447 e. The maximum Gasteiger partial charge on any atom is 0.273 e. The van der Waals surface area contributed by atoms with E-state index < -0.39 is 10.0 Å². The molecular formula is C14H17FN2O3S. The Labute approximate surface area is 123 Å². The lowest BCUT2D eigenvalue weighted by atomic mass is 10.1. The average Bonchev–Trinajstić information content (AvgIpc) is 2.88. The molecule has 1 aromatic carbocycles. The van der Waals surface area contributed by atoms with Gasteiger partial charge in [-0.1, -0.05) is 12.1 Å². The zero-order valence-electron chi connectivity index (χ0n) is 11.6. The van der Waals surface area contributed by atoms with Gasteiger partial charge in [0.1, 0.15) is 11.6 Å². The molecule has 2 N–H and O–H groups in total. The summed E-state index contributed by atoms with van der Waals surface area (Å²) in [6, 6.07) is 9.09. The quantitative estimate of drug-likeness (QED) is 0.815. The SMILES string of the molecule is CNCc1ccc(S(=O)(=O)NCCc2cccc(F)c2)o1. The summed E-state index contributed by atoms with van der Waals surface area (Å²) in [5.74, 6) is 0.209. The van der Waals surface area contributed by atoms with Crippen LogP contribution in [-0.2, 0) is 23.0 Å². The van der Waals surface area contributed by atoms with Crippen LogP contribution in [0.4, 0.5) is 4.39 Å². The summed E-state index contributed by atoms with van der Waals surface area (Å²) in [6.07, 6.45) is 0.404. The smallest absolute Gasteiger partial charge is 0.273 e. The predicted octanol–water partition coefficient (Wildman–Crippen LogP) is 1.66. The van der Waals surface area contributed by atoms with Crippen molar-refractivity contribution in [1.82, 2.24) is 10.0 Å². The lowest BCUT2D eigenvalue weighted by molar-refractivity contribution is 0.404. The van der Waals surface area contributed by atoms with E-state index in [1.165, 1.54) is 18.2 Å². The minimum atomic E-state index is -3.68. The molecule has 0 spiro atoms. The molecule has 0 saturated heterocycles. The zero-order chi connectivity index (χ0) is 15.3. The number of hydrogen-bond donors (Lipinski definition) is 2. The van der Waals surface area contributed by atoms with E-state index in [1.807, 2.05) is 0 Å². The van der Waals surface area contributed by atoms with E-state index >= 15 is 0 Å². The Morgan fingerprint density at radius 3 is 2.76 bits per heavy atom. The Bertz CT molecular complexity index is 698. The highest BCUT2D eigenvalue weighted by Crippen LogP contribution is 2.13. The molecule has 0 saturated carbocycles. The van der Waals surface area contributed by atoms with E-state index in [-0.39, 0.29) is 17.5 Å². The number of benzene rings is 1. The monoisotopic (exact) mass is 312 g/mol. The first kappa shape index (κ1) is 15.7. The van der Waals surface area contributed by atoms with Crippen LogP contribution < -0.4 is 10.0 Å². The fourth-order valence-electron chi connectivity index (χ4n) is 1.87. The molecule has 1 heterocycles. The number of hydrogen-bond acceptors (Lipinski definition) is 4. The lowest BCUT2D eigenvalue weighted by Crippen LogP contribution is -2.25. The van der Waals surface area contributed by atoms with Gasteiger partial charge >= 0.3 is 0 Å². The molecule has 0 radical (unpaired) electrons. The molecule has 0 unspecified atom stereocenters. The van der Waals surface area contributed by atoms with Crippen molar-refractivity contribution in [2.24, 2.45) is 0 Å². The average molecular weight is 312 g/mol. The third-order valence-corrected chi connectivity index (χ3v) is 4.18. The van der Waals surface area contributed by atoms with E-state index in [9.17, 15) is 12.8 Å². The van der Waals surface area contributed by atoms with Crippen molar-refractivity contribution in [3.05, 3.63) is 53.5 Å². The van der Waals surface area contributed by atoms with Gasteiger partial charge in [0, 0.05) is 6.54 Å². The van der Waals surface area contributed by atoms with Crippen LogP contribution in [0.25, 0.3) is 0 Å². The summed E-state index contributed by atoms with van der Waals surface area (Å²) in [6.45, 7) is 0.632. The van der Waals surface area contributed by atoms with Gasteiger partial charge < -0.3 is 9.73 Å². The second kappa shape index (κ2) is 6.84. The summed E-state index contributed by atoms with van der Waals surface area (Å²) in [5, 5.41) is 2.76. The van der Waals surface area contributed by atoms with E-state index in [1.54, 1.807) is 25.2 Å². The summed E-state index contributed by atoms with van der Waals surface area (Å²) >= 11 is 0. The van der Waals surface area contributed by atoms with Crippen LogP contribution in [0, 0.1) is 5.82 Å². The third-order valence-electron chi connectivity index (χ3n) is 2.85. The highest BCUT2D eigenvalue weighted by molar-refractivity contribution is 7.89. The van der Waals surface area contributed by atoms with Crippen LogP contribution in [0.1, 0.15) is 11.3 Å². The molecule has 0 atom stereocenters. The van der Waals surface area contributed by atoms with Crippen molar-refractivity contribution in [1.29, 1.82) is 0 Å². The lowest BCUT2D eigenvalue weighted by Gasteiger charge is -2.04. The molecule has 114 valence electrons. The van der Waals surface area contributed by atoms with Crippen molar-refractivity contribution in [3.63, 3.8) is 0 Å². The largest absolute Gasteiger partial charge is 0.447 e. The number of nitrogens with one attached hydrogen (secondary N) is 2. The van der Waals surface area contributed by atoms with Gasteiger partial charge in [-0.3, -0.25) is 0 Å². The number of furan rings is 1. The number of halogens is 1. The van der Waals surface area contributed by atoms with Crippen molar-refractivity contribution in [2.45, 2.75) is 18.1 Å². The summed E-state index contributed by atoms with van der Waals surface area (Å²) in [5.41, 5.74) is 0.730. The predicted molar refractivity (Wildman–Crippen MR) is 76.8 cm³/mol. The van der Waals surface area contributed by atoms with E-state index in [0.29, 0.717) is 18.7 Å². The van der Waals surface area contributed by atoms with Crippen LogP contribution in [0.15, 0.2) is 45.9 Å². The zero-order valence-corrected chi connectivity index (χ0v) is 12.4. The van der Waals surface area contributed by atoms with Gasteiger partial charge in [0.2, 0.25) is 5.09 Å². The van der Waals surface area contributed by atoms with Crippen LogP contribution in [0.5, 0.6) is 0 Å². The molecule has 0 fully saturated rings. The van der Waals surface area contributed by atoms with Crippen molar-refractivity contribution in [3.8, 4) is 0 Å². The summed E-state index contributed by atoms with van der Waals surface area (Å²) in [4.78, 5) is 0. The van der Waals surface area contributed by atoms with Crippen LogP contribution >= 0.6 is 0 Å². The summed E-state index contributed by atoms with van der Waals surface area (Å²) < 4.78 is 44.7. The van der Waals surface area contributed by atoms with Crippen LogP contribution in [-0.4, -0.2) is 22.0 Å². The molecule has 1 aromatic heterocycles. The Kier molecular flexibility index (Phi) is 5.11. The summed E-state index contributed by atoms with van der Waals surface area (Å²) in [7, 11) is -1.93. The molecule has 5 nitrogen and oxygen atoms in total. The van der Waals surface area contributed by atoms with E-state index in [0.717, 1.165) is 5.56 Å². The maximum atomic E-state index is 13.0. The van der Waals surface area contributed by atoms with Gasteiger partial charge in [-0.05, 0) is 43.3 Å². The van der Waals surface area contributed by atoms with E-state index in [2.05, 4.69) is 10.0 Å². The first-order chi connectivity index (χ1) is 10.0. The molecule has 2 aromatic rings. The molecule has 0 aliphatic carbocycles. The fourth-order valence-corrected chi connectivity index (χ4v) is 2.84. The van der Waals surface area contributed by atoms with Crippen LogP contribution in [0.3, 0.4) is 0 Å². The normalized spacial score (nSPS) is 11.7. The van der Waals surface area contributed by atoms with Crippen molar-refractivity contribution in [2.75, 3.05) is 13.6 Å². The first-order valence-electron chi connectivity index (χ1n) is 6.49. The van der Waals surface area contributed by atoms with Gasteiger partial charge in [-0.15, -0.1) is 0 Å². The first-order valence-corrected chi connectivity index (χ1v) is 7.97. The standard InChI is InChI=1S/C14H17FN2O3S/c1-16-10-13-5-6-14(20-13)21(18,19)17-8-7-11-3-2-4-12(15)9-11/h2-6,9,16-17H,7-8,10H2,1H3. The molecule has 21 heavy (non-hydrogen) atoms. The Morgan fingerprint density at radius 2 is 2.05 bits per heavy atom. The van der Waals surface area contributed by atoms with Gasteiger partial charge in [-0.2, -0.15) is 0 Å². The van der Waals surface area contributed by atoms with Crippen molar-refractivity contribution < 1.29 is 17.2 Å². The van der Waals surface area contributed by atoms with Crippen LogP contribution in [0.2, 0.25) is 0 Å². The molecule has 0 aliphatic heterocycles. The highest BCUT2D eigenvalue weighted by atomic mass is 32.2. The van der Waals surface area contributed by atoms with Gasteiger partial charge in [0.05, 0.1) is 6.54 Å². The number of sulfonamides is 1. The molecular weight excluding hydrogens is 295 g/mol. The van der Waals surface area contributed by atoms with Crippen molar-refractivity contribution >= 4 is 10.0 Å². The molecule has 2 rings (SSSR count). The second-order valence-electron chi connectivity index (χ2n) is 4.53. The molecule has 7 heteroatoms.